The van der Waals surface area contributed by atoms with Crippen LogP contribution in [0.3, 0.4) is 0 Å². The number of halogens is 5. The zero-order chi connectivity index (χ0) is 27.0. The lowest BCUT2D eigenvalue weighted by molar-refractivity contribution is -0.130. The van der Waals surface area contributed by atoms with E-state index >= 15 is 0 Å². The molecule has 0 N–H and O–H groups in total. The van der Waals surface area contributed by atoms with Gasteiger partial charge in [-0.15, -0.1) is 0 Å². The van der Waals surface area contributed by atoms with Crippen LogP contribution < -0.4 is 19.1 Å². The summed E-state index contributed by atoms with van der Waals surface area (Å²) in [5, 5.41) is -0.498. The average molecular weight is 615 g/mol. The first-order chi connectivity index (χ1) is 18.1. The number of carbonyl (C=O) groups excluding carboxylic acids is 3. The lowest BCUT2D eigenvalue weighted by Crippen LogP contribution is -2.67. The van der Waals surface area contributed by atoms with Crippen LogP contribution in [0.1, 0.15) is 32.3 Å². The molecule has 0 unspecified atom stereocenters. The van der Waals surface area contributed by atoms with Gasteiger partial charge in [-0.1, -0.05) is 64.1 Å². The number of ether oxygens (including phenoxy) is 3. The standard InChI is InChI=1S/C25H13Cl5N2O6/c1-36-12-5-3-10(7-11(12)26)31-21(9-2-4-13-14(6-9)38-8-37-13)22(25(31)35)32-23(33)15-16(24(32)34)18(28)20(30)19(29)17(15)27/h2-7,21-22H,8H2,1H3/t21-,22-/m0/s1. The van der Waals surface area contributed by atoms with E-state index in [-0.39, 0.29) is 43.0 Å². The molecule has 0 bridgehead atoms. The largest absolute Gasteiger partial charge is 0.495 e. The molecule has 3 aliphatic heterocycles. The summed E-state index contributed by atoms with van der Waals surface area (Å²) in [6.45, 7) is 0.0422. The van der Waals surface area contributed by atoms with Crippen molar-refractivity contribution in [2.45, 2.75) is 12.1 Å². The lowest BCUT2D eigenvalue weighted by atomic mass is 9.86. The number of β-lactam (4-membered cyclic amide) rings is 1. The fourth-order valence-electron chi connectivity index (χ4n) is 4.87. The van der Waals surface area contributed by atoms with E-state index in [0.717, 1.165) is 4.90 Å². The van der Waals surface area contributed by atoms with Gasteiger partial charge in [0.05, 0.1) is 49.4 Å². The topological polar surface area (TPSA) is 85.4 Å². The molecule has 0 saturated carbocycles. The molecule has 0 aliphatic carbocycles. The van der Waals surface area contributed by atoms with Gasteiger partial charge < -0.3 is 19.1 Å². The summed E-state index contributed by atoms with van der Waals surface area (Å²) in [4.78, 5) is 43.1. The normalized spacial score (nSPS) is 19.7. The Bertz CT molecular complexity index is 1550. The number of anilines is 1. The van der Waals surface area contributed by atoms with Crippen LogP contribution in [0.25, 0.3) is 0 Å². The second-order valence-electron chi connectivity index (χ2n) is 8.52. The van der Waals surface area contributed by atoms with Gasteiger partial charge in [0.1, 0.15) is 11.8 Å². The summed E-state index contributed by atoms with van der Waals surface area (Å²) in [7, 11) is 1.47. The van der Waals surface area contributed by atoms with Gasteiger partial charge in [-0.2, -0.15) is 0 Å². The van der Waals surface area contributed by atoms with Crippen molar-refractivity contribution in [1.29, 1.82) is 0 Å². The highest BCUT2D eigenvalue weighted by molar-refractivity contribution is 6.55. The predicted octanol–water partition coefficient (Wildman–Crippen LogP) is 6.44. The van der Waals surface area contributed by atoms with Gasteiger partial charge in [0, 0.05) is 5.69 Å². The summed E-state index contributed by atoms with van der Waals surface area (Å²) in [6.07, 6.45) is 0. The fraction of sp³-hybridized carbons (Fsp3) is 0.160. The van der Waals surface area contributed by atoms with Crippen LogP contribution in [-0.2, 0) is 4.79 Å². The predicted molar refractivity (Wildman–Crippen MR) is 142 cm³/mol. The van der Waals surface area contributed by atoms with Crippen molar-refractivity contribution < 1.29 is 28.6 Å². The minimum Gasteiger partial charge on any atom is -0.495 e. The van der Waals surface area contributed by atoms with Crippen LogP contribution in [0.2, 0.25) is 25.1 Å². The third-order valence-electron chi connectivity index (χ3n) is 6.63. The number of methoxy groups -OCH3 is 1. The molecular weight excluding hydrogens is 602 g/mol. The Morgan fingerprint density at radius 1 is 0.763 bits per heavy atom. The lowest BCUT2D eigenvalue weighted by Gasteiger charge is -2.49. The monoisotopic (exact) mass is 612 g/mol. The summed E-state index contributed by atoms with van der Waals surface area (Å²) in [6, 6.07) is 7.87. The van der Waals surface area contributed by atoms with Crippen molar-refractivity contribution in [2.24, 2.45) is 0 Å². The summed E-state index contributed by atoms with van der Waals surface area (Å²) in [5.41, 5.74) is 0.590. The minimum absolute atomic E-state index is 0.0422. The van der Waals surface area contributed by atoms with E-state index in [4.69, 9.17) is 72.2 Å². The number of amides is 3. The summed E-state index contributed by atoms with van der Waals surface area (Å²) < 4.78 is 16.1. The average Bonchev–Trinajstić information content (AvgIpc) is 3.47. The Labute approximate surface area is 240 Å². The first-order valence-electron chi connectivity index (χ1n) is 11.0. The van der Waals surface area contributed by atoms with Crippen LogP contribution in [0.4, 0.5) is 5.69 Å². The van der Waals surface area contributed by atoms with Gasteiger partial charge in [-0.3, -0.25) is 19.3 Å². The van der Waals surface area contributed by atoms with Crippen LogP contribution in [0, 0.1) is 0 Å². The van der Waals surface area contributed by atoms with Crippen molar-refractivity contribution in [3.8, 4) is 17.2 Å². The highest BCUT2D eigenvalue weighted by atomic mass is 35.5. The number of fused-ring (bicyclic) bond motifs is 2. The Balaban J connectivity index is 1.48. The van der Waals surface area contributed by atoms with E-state index in [1.807, 2.05) is 0 Å². The van der Waals surface area contributed by atoms with Crippen molar-refractivity contribution in [1.82, 2.24) is 4.90 Å². The third-order valence-corrected chi connectivity index (χ3v) is 8.73. The molecule has 1 saturated heterocycles. The van der Waals surface area contributed by atoms with Crippen molar-refractivity contribution in [2.75, 3.05) is 18.8 Å². The molecule has 8 nitrogen and oxygen atoms in total. The van der Waals surface area contributed by atoms with E-state index in [1.54, 1.807) is 36.4 Å². The number of hydrogen-bond donors (Lipinski definition) is 0. The Kier molecular flexibility index (Phi) is 6.09. The zero-order valence-corrected chi connectivity index (χ0v) is 22.8. The molecule has 1 fully saturated rings. The number of nitrogens with zero attached hydrogens (tertiary/aromatic N) is 2. The SMILES string of the molecule is COc1ccc(N2C(=O)[C@@H](N3C(=O)c4c(Cl)c(Cl)c(Cl)c(Cl)c4C3=O)[C@@H]2c2ccc3c(c2)OCO3)cc1Cl. The maximum Gasteiger partial charge on any atom is 0.264 e. The van der Waals surface area contributed by atoms with Gasteiger partial charge in [-0.25, -0.2) is 0 Å². The Morgan fingerprint density at radius 3 is 2.00 bits per heavy atom. The first-order valence-corrected chi connectivity index (χ1v) is 12.8. The van der Waals surface area contributed by atoms with Crippen molar-refractivity contribution in [3.63, 3.8) is 0 Å². The molecule has 3 amide bonds. The Morgan fingerprint density at radius 2 is 1.39 bits per heavy atom. The van der Waals surface area contributed by atoms with E-state index in [1.165, 1.54) is 12.0 Å². The molecule has 6 rings (SSSR count). The molecule has 38 heavy (non-hydrogen) atoms. The molecule has 13 heteroatoms. The molecule has 3 heterocycles. The number of carbonyl (C=O) groups is 3. The van der Waals surface area contributed by atoms with Crippen molar-refractivity contribution in [3.05, 3.63) is 78.2 Å². The fourth-order valence-corrected chi connectivity index (χ4v) is 6.13. The molecule has 0 spiro atoms. The third kappa shape index (κ3) is 3.48. The number of benzene rings is 3. The highest BCUT2D eigenvalue weighted by Crippen LogP contribution is 2.50. The second-order valence-corrected chi connectivity index (χ2v) is 10.4. The van der Waals surface area contributed by atoms with E-state index in [2.05, 4.69) is 0 Å². The van der Waals surface area contributed by atoms with E-state index in [0.29, 0.717) is 28.5 Å². The van der Waals surface area contributed by atoms with Gasteiger partial charge in [0.15, 0.2) is 11.5 Å². The van der Waals surface area contributed by atoms with Crippen LogP contribution in [0.5, 0.6) is 17.2 Å². The molecular formula is C25H13Cl5N2O6. The number of hydrogen-bond acceptors (Lipinski definition) is 6. The molecule has 3 aromatic carbocycles. The number of rotatable bonds is 4. The minimum atomic E-state index is -1.24. The Hall–Kier alpha value is -2.88. The van der Waals surface area contributed by atoms with Crippen LogP contribution in [-0.4, -0.2) is 42.6 Å². The molecule has 3 aromatic rings. The first kappa shape index (κ1) is 25.4. The van der Waals surface area contributed by atoms with E-state index in [9.17, 15) is 14.4 Å². The quantitative estimate of drug-likeness (QED) is 0.146. The van der Waals surface area contributed by atoms with Gasteiger partial charge in [-0.05, 0) is 35.9 Å². The molecule has 0 radical (unpaired) electrons. The van der Waals surface area contributed by atoms with Gasteiger partial charge in [0.25, 0.3) is 17.7 Å². The molecule has 194 valence electrons. The summed E-state index contributed by atoms with van der Waals surface area (Å²) >= 11 is 31.2. The van der Waals surface area contributed by atoms with Crippen LogP contribution in [0.15, 0.2) is 36.4 Å². The number of imide groups is 1. The molecule has 0 aromatic heterocycles. The van der Waals surface area contributed by atoms with Gasteiger partial charge in [0.2, 0.25) is 6.79 Å². The van der Waals surface area contributed by atoms with Crippen LogP contribution >= 0.6 is 58.0 Å². The summed E-state index contributed by atoms with van der Waals surface area (Å²) in [5.74, 6) is -0.761. The molecule has 2 atom stereocenters. The van der Waals surface area contributed by atoms with Crippen molar-refractivity contribution >= 4 is 81.4 Å². The second kappa shape index (κ2) is 9.10. The maximum absolute atomic E-state index is 13.7. The highest BCUT2D eigenvalue weighted by Gasteiger charge is 2.58. The van der Waals surface area contributed by atoms with Gasteiger partial charge >= 0.3 is 0 Å². The maximum atomic E-state index is 13.7. The zero-order valence-electron chi connectivity index (χ0n) is 19.1. The smallest absolute Gasteiger partial charge is 0.264 e. The van der Waals surface area contributed by atoms with E-state index < -0.39 is 29.8 Å². The molecule has 3 aliphatic rings.